The highest BCUT2D eigenvalue weighted by molar-refractivity contribution is 5.76. The van der Waals surface area contributed by atoms with Gasteiger partial charge in [0.25, 0.3) is 0 Å². The van der Waals surface area contributed by atoms with Gasteiger partial charge in [-0.2, -0.15) is 13.2 Å². The Bertz CT molecular complexity index is 907. The van der Waals surface area contributed by atoms with Crippen molar-refractivity contribution in [2.45, 2.75) is 37.9 Å². The van der Waals surface area contributed by atoms with Gasteiger partial charge in [-0.25, -0.2) is 0 Å². The number of nitrogens with zero attached hydrogens (tertiary/aromatic N) is 2. The van der Waals surface area contributed by atoms with Crippen LogP contribution < -0.4 is 10.2 Å². The van der Waals surface area contributed by atoms with Crippen molar-refractivity contribution in [2.75, 3.05) is 37.6 Å². The average molecular weight is 432 g/mol. The third-order valence-electron chi connectivity index (χ3n) is 6.27. The van der Waals surface area contributed by atoms with Crippen LogP contribution in [0.3, 0.4) is 0 Å². The molecule has 2 aliphatic rings. The SMILES string of the molecule is O=C(CCN1CCN(c2cccc(C(F)(F)F)c2)CC1)NC1CCCc2ccccc21. The van der Waals surface area contributed by atoms with Crippen LogP contribution in [-0.4, -0.2) is 43.5 Å². The molecule has 0 spiro atoms. The summed E-state index contributed by atoms with van der Waals surface area (Å²) in [6.07, 6.45) is -0.775. The summed E-state index contributed by atoms with van der Waals surface area (Å²) in [5, 5.41) is 3.19. The molecule has 1 saturated heterocycles. The smallest absolute Gasteiger partial charge is 0.369 e. The van der Waals surface area contributed by atoms with E-state index in [0.29, 0.717) is 31.7 Å². The molecular formula is C24H28F3N3O. The third kappa shape index (κ3) is 5.39. The Morgan fingerprint density at radius 1 is 1.03 bits per heavy atom. The number of alkyl halides is 3. The number of fused-ring (bicyclic) bond motifs is 1. The monoisotopic (exact) mass is 431 g/mol. The number of piperazine rings is 1. The van der Waals surface area contributed by atoms with Crippen LogP contribution in [-0.2, 0) is 17.4 Å². The first kappa shape index (κ1) is 21.7. The summed E-state index contributed by atoms with van der Waals surface area (Å²) < 4.78 is 38.9. The number of hydrogen-bond acceptors (Lipinski definition) is 3. The number of amides is 1. The zero-order valence-electron chi connectivity index (χ0n) is 17.5. The zero-order chi connectivity index (χ0) is 21.8. The summed E-state index contributed by atoms with van der Waals surface area (Å²) >= 11 is 0. The van der Waals surface area contributed by atoms with Gasteiger partial charge in [0.05, 0.1) is 11.6 Å². The predicted molar refractivity (Wildman–Crippen MR) is 115 cm³/mol. The zero-order valence-corrected chi connectivity index (χ0v) is 17.5. The van der Waals surface area contributed by atoms with Crippen LogP contribution in [0.5, 0.6) is 0 Å². The highest BCUT2D eigenvalue weighted by atomic mass is 19.4. The van der Waals surface area contributed by atoms with E-state index in [1.54, 1.807) is 6.07 Å². The standard InChI is InChI=1S/C24H28F3N3O/c25-24(26,27)19-7-4-8-20(17-19)30-15-13-29(14-16-30)12-11-23(31)28-22-10-3-6-18-5-1-2-9-21(18)22/h1-2,4-5,7-9,17,22H,3,6,10-16H2,(H,28,31). The molecular weight excluding hydrogens is 403 g/mol. The van der Waals surface area contributed by atoms with Gasteiger partial charge >= 0.3 is 6.18 Å². The highest BCUT2D eigenvalue weighted by Gasteiger charge is 2.31. The Morgan fingerprint density at radius 3 is 2.58 bits per heavy atom. The summed E-state index contributed by atoms with van der Waals surface area (Å²) in [6, 6.07) is 13.9. The minimum atomic E-state index is -4.33. The molecule has 1 unspecified atom stereocenters. The van der Waals surface area contributed by atoms with Crippen molar-refractivity contribution >= 4 is 11.6 Å². The second-order valence-corrected chi connectivity index (χ2v) is 8.34. The summed E-state index contributed by atoms with van der Waals surface area (Å²) in [6.45, 7) is 3.43. The molecule has 1 aliphatic heterocycles. The molecule has 0 aromatic heterocycles. The molecule has 31 heavy (non-hydrogen) atoms. The number of rotatable bonds is 5. The topological polar surface area (TPSA) is 35.6 Å². The van der Waals surface area contributed by atoms with E-state index in [4.69, 9.17) is 0 Å². The van der Waals surface area contributed by atoms with Crippen molar-refractivity contribution in [3.05, 3.63) is 65.2 Å². The van der Waals surface area contributed by atoms with Gasteiger partial charge in [0.15, 0.2) is 0 Å². The van der Waals surface area contributed by atoms with E-state index in [1.165, 1.54) is 23.3 Å². The van der Waals surface area contributed by atoms with E-state index in [0.717, 1.165) is 38.4 Å². The van der Waals surface area contributed by atoms with E-state index in [1.807, 2.05) is 17.0 Å². The first-order valence-electron chi connectivity index (χ1n) is 10.9. The van der Waals surface area contributed by atoms with Gasteiger partial charge in [0.2, 0.25) is 5.91 Å². The van der Waals surface area contributed by atoms with E-state index in [-0.39, 0.29) is 11.9 Å². The van der Waals surface area contributed by atoms with Crippen LogP contribution in [0.15, 0.2) is 48.5 Å². The van der Waals surface area contributed by atoms with Gasteiger partial charge in [0.1, 0.15) is 0 Å². The lowest BCUT2D eigenvalue weighted by Crippen LogP contribution is -2.47. The molecule has 4 rings (SSSR count). The molecule has 1 N–H and O–H groups in total. The van der Waals surface area contributed by atoms with Gasteiger partial charge in [0, 0.05) is 44.8 Å². The number of hydrogen-bond donors (Lipinski definition) is 1. The molecule has 0 bridgehead atoms. The maximum atomic E-state index is 13.0. The number of carbonyl (C=O) groups is 1. The molecule has 1 heterocycles. The lowest BCUT2D eigenvalue weighted by atomic mass is 9.87. The number of nitrogens with one attached hydrogen (secondary N) is 1. The fourth-order valence-electron chi connectivity index (χ4n) is 4.54. The minimum Gasteiger partial charge on any atom is -0.369 e. The van der Waals surface area contributed by atoms with Crippen molar-refractivity contribution in [1.82, 2.24) is 10.2 Å². The fraction of sp³-hybridized carbons (Fsp3) is 0.458. The minimum absolute atomic E-state index is 0.0574. The molecule has 0 radical (unpaired) electrons. The molecule has 1 atom stereocenters. The summed E-state index contributed by atoms with van der Waals surface area (Å²) in [5.41, 5.74) is 2.54. The van der Waals surface area contributed by atoms with Crippen molar-refractivity contribution in [3.8, 4) is 0 Å². The van der Waals surface area contributed by atoms with Gasteiger partial charge in [-0.15, -0.1) is 0 Å². The number of halogens is 3. The normalized spacial score (nSPS) is 19.7. The van der Waals surface area contributed by atoms with E-state index in [9.17, 15) is 18.0 Å². The van der Waals surface area contributed by atoms with Crippen molar-refractivity contribution < 1.29 is 18.0 Å². The third-order valence-corrected chi connectivity index (χ3v) is 6.27. The lowest BCUT2D eigenvalue weighted by Gasteiger charge is -2.36. The van der Waals surface area contributed by atoms with Crippen LogP contribution in [0, 0.1) is 0 Å². The van der Waals surface area contributed by atoms with Crippen LogP contribution >= 0.6 is 0 Å². The Hall–Kier alpha value is -2.54. The molecule has 1 fully saturated rings. The van der Waals surface area contributed by atoms with E-state index < -0.39 is 11.7 Å². The highest BCUT2D eigenvalue weighted by Crippen LogP contribution is 2.32. The molecule has 1 aliphatic carbocycles. The molecule has 7 heteroatoms. The number of benzene rings is 2. The first-order chi connectivity index (χ1) is 14.9. The number of aryl methyl sites for hydroxylation is 1. The van der Waals surface area contributed by atoms with Crippen LogP contribution in [0.4, 0.5) is 18.9 Å². The fourth-order valence-corrected chi connectivity index (χ4v) is 4.54. The second-order valence-electron chi connectivity index (χ2n) is 8.34. The predicted octanol–water partition coefficient (Wildman–Crippen LogP) is 4.41. The quantitative estimate of drug-likeness (QED) is 0.762. The number of anilines is 1. The Kier molecular flexibility index (Phi) is 6.51. The Balaban J connectivity index is 1.24. The maximum Gasteiger partial charge on any atom is 0.416 e. The van der Waals surface area contributed by atoms with Gasteiger partial charge < -0.3 is 10.2 Å². The maximum absolute atomic E-state index is 13.0. The average Bonchev–Trinajstić information content (AvgIpc) is 2.78. The molecule has 2 aromatic rings. The molecule has 1 amide bonds. The summed E-state index contributed by atoms with van der Waals surface area (Å²) in [5.74, 6) is 0.0574. The van der Waals surface area contributed by atoms with Crippen molar-refractivity contribution in [1.29, 1.82) is 0 Å². The molecule has 0 saturated carbocycles. The van der Waals surface area contributed by atoms with Gasteiger partial charge in [-0.05, 0) is 48.6 Å². The summed E-state index contributed by atoms with van der Waals surface area (Å²) in [4.78, 5) is 16.7. The summed E-state index contributed by atoms with van der Waals surface area (Å²) in [7, 11) is 0. The van der Waals surface area contributed by atoms with Gasteiger partial charge in [-0.1, -0.05) is 30.3 Å². The van der Waals surface area contributed by atoms with Crippen LogP contribution in [0.1, 0.15) is 42.0 Å². The van der Waals surface area contributed by atoms with E-state index in [2.05, 4.69) is 22.3 Å². The van der Waals surface area contributed by atoms with Crippen LogP contribution in [0.2, 0.25) is 0 Å². The van der Waals surface area contributed by atoms with Crippen LogP contribution in [0.25, 0.3) is 0 Å². The molecule has 166 valence electrons. The number of carbonyl (C=O) groups excluding carboxylic acids is 1. The van der Waals surface area contributed by atoms with Crippen molar-refractivity contribution in [3.63, 3.8) is 0 Å². The van der Waals surface area contributed by atoms with Crippen molar-refractivity contribution in [2.24, 2.45) is 0 Å². The Morgan fingerprint density at radius 2 is 1.81 bits per heavy atom. The second kappa shape index (κ2) is 9.30. The largest absolute Gasteiger partial charge is 0.416 e. The van der Waals surface area contributed by atoms with Gasteiger partial charge in [-0.3, -0.25) is 9.69 Å². The Labute approximate surface area is 181 Å². The molecule has 2 aromatic carbocycles. The first-order valence-corrected chi connectivity index (χ1v) is 10.9. The van der Waals surface area contributed by atoms with E-state index >= 15 is 0 Å². The lowest BCUT2D eigenvalue weighted by molar-refractivity contribution is -0.137. The molecule has 4 nitrogen and oxygen atoms in total.